The highest BCUT2D eigenvalue weighted by Gasteiger charge is 2.72. The van der Waals surface area contributed by atoms with E-state index in [0.717, 1.165) is 11.1 Å². The molecular formula is C22H22O5. The highest BCUT2D eigenvalue weighted by atomic mass is 16.6. The number of benzene rings is 2. The molecular weight excluding hydrogens is 344 g/mol. The maximum atomic E-state index is 12.0. The first-order valence-corrected chi connectivity index (χ1v) is 9.44. The zero-order valence-electron chi connectivity index (χ0n) is 14.9. The van der Waals surface area contributed by atoms with E-state index in [0.29, 0.717) is 19.8 Å². The highest BCUT2D eigenvalue weighted by Crippen LogP contribution is 2.56. The minimum absolute atomic E-state index is 0.0295. The Bertz CT molecular complexity index is 793. The standard InChI is InChI=1S/C22H22O5/c23-22-18-17-20(18)26-16(13-24-11-14-7-3-1-4-8-14)19(21(17)27-22)25-12-15-9-5-2-6-10-15/h1-10,16-21H,11-13H2/t16-,17-,18?,19-,20-,21-/m1/s1. The Balaban J connectivity index is 1.25. The number of carbonyl (C=O) groups excluding carboxylic acids is 1. The SMILES string of the molecule is O=C1O[C@H]2[C@H](OCc3ccccc3)[C@@H](COCc3ccccc3)O[C@H]3C1[C@@H]23. The molecule has 2 aliphatic heterocycles. The lowest BCUT2D eigenvalue weighted by Crippen LogP contribution is -2.50. The van der Waals surface area contributed by atoms with Crippen molar-refractivity contribution in [3.63, 3.8) is 0 Å². The molecule has 140 valence electrons. The van der Waals surface area contributed by atoms with Crippen molar-refractivity contribution in [3.05, 3.63) is 71.8 Å². The van der Waals surface area contributed by atoms with Gasteiger partial charge in [-0.1, -0.05) is 60.7 Å². The van der Waals surface area contributed by atoms with Crippen LogP contribution in [-0.2, 0) is 37.0 Å². The van der Waals surface area contributed by atoms with Crippen LogP contribution in [0.15, 0.2) is 60.7 Å². The van der Waals surface area contributed by atoms with Crippen LogP contribution in [-0.4, -0.2) is 37.0 Å². The van der Waals surface area contributed by atoms with Crippen molar-refractivity contribution in [3.8, 4) is 0 Å². The quantitative estimate of drug-likeness (QED) is 0.706. The number of hydrogen-bond donors (Lipinski definition) is 0. The van der Waals surface area contributed by atoms with Crippen LogP contribution < -0.4 is 0 Å². The molecule has 1 saturated carbocycles. The number of esters is 1. The molecule has 3 aliphatic rings. The summed E-state index contributed by atoms with van der Waals surface area (Å²) in [7, 11) is 0. The Hall–Kier alpha value is -2.21. The molecule has 0 spiro atoms. The molecule has 0 aromatic heterocycles. The van der Waals surface area contributed by atoms with Crippen molar-refractivity contribution in [2.45, 2.75) is 37.6 Å². The van der Waals surface area contributed by atoms with Crippen molar-refractivity contribution in [2.75, 3.05) is 6.61 Å². The minimum Gasteiger partial charge on any atom is -0.459 e. The number of hydrogen-bond acceptors (Lipinski definition) is 5. The first kappa shape index (κ1) is 16.9. The van der Waals surface area contributed by atoms with Crippen molar-refractivity contribution in [2.24, 2.45) is 11.8 Å². The van der Waals surface area contributed by atoms with E-state index < -0.39 is 0 Å². The second kappa shape index (κ2) is 7.08. The Morgan fingerprint density at radius 3 is 2.22 bits per heavy atom. The van der Waals surface area contributed by atoms with Gasteiger partial charge in [-0.2, -0.15) is 0 Å². The van der Waals surface area contributed by atoms with E-state index in [9.17, 15) is 4.79 Å². The summed E-state index contributed by atoms with van der Waals surface area (Å²) >= 11 is 0. The Kier molecular flexibility index (Phi) is 4.44. The van der Waals surface area contributed by atoms with Crippen molar-refractivity contribution < 1.29 is 23.7 Å². The molecule has 5 heteroatoms. The van der Waals surface area contributed by atoms with E-state index in [1.54, 1.807) is 0 Å². The second-order valence-electron chi connectivity index (χ2n) is 7.41. The van der Waals surface area contributed by atoms with Gasteiger partial charge in [-0.05, 0) is 11.1 Å². The summed E-state index contributed by atoms with van der Waals surface area (Å²) in [6, 6.07) is 20.0. The van der Waals surface area contributed by atoms with Gasteiger partial charge in [0.2, 0.25) is 0 Å². The van der Waals surface area contributed by atoms with Crippen LogP contribution in [0.1, 0.15) is 11.1 Å². The van der Waals surface area contributed by atoms with Gasteiger partial charge < -0.3 is 18.9 Å². The molecule has 0 N–H and O–H groups in total. The molecule has 3 fully saturated rings. The number of fused-ring (bicyclic) bond motifs is 1. The molecule has 5 rings (SSSR count). The molecule has 1 unspecified atom stereocenters. The van der Waals surface area contributed by atoms with Crippen LogP contribution >= 0.6 is 0 Å². The van der Waals surface area contributed by atoms with Crippen LogP contribution in [0.3, 0.4) is 0 Å². The Labute approximate surface area is 158 Å². The van der Waals surface area contributed by atoms with Gasteiger partial charge in [0.25, 0.3) is 0 Å². The van der Waals surface area contributed by atoms with Crippen LogP contribution in [0, 0.1) is 11.8 Å². The lowest BCUT2D eigenvalue weighted by atomic mass is 10.0. The summed E-state index contributed by atoms with van der Waals surface area (Å²) in [4.78, 5) is 12.0. The summed E-state index contributed by atoms with van der Waals surface area (Å²) in [6.07, 6.45) is -0.797. The molecule has 1 aliphatic carbocycles. The molecule has 0 bridgehead atoms. The summed E-state index contributed by atoms with van der Waals surface area (Å²) in [5.41, 5.74) is 2.20. The number of carbonyl (C=O) groups is 1. The fourth-order valence-corrected chi connectivity index (χ4v) is 4.20. The van der Waals surface area contributed by atoms with Gasteiger partial charge in [-0.25, -0.2) is 0 Å². The van der Waals surface area contributed by atoms with Crippen molar-refractivity contribution in [1.82, 2.24) is 0 Å². The van der Waals surface area contributed by atoms with Gasteiger partial charge in [-0.3, -0.25) is 4.79 Å². The van der Waals surface area contributed by atoms with E-state index in [1.807, 2.05) is 60.7 Å². The van der Waals surface area contributed by atoms with E-state index >= 15 is 0 Å². The predicted octanol–water partition coefficient (Wildman–Crippen LogP) is 2.73. The second-order valence-corrected chi connectivity index (χ2v) is 7.41. The van der Waals surface area contributed by atoms with Crippen LogP contribution in [0.2, 0.25) is 0 Å². The fraction of sp³-hybridized carbons (Fsp3) is 0.409. The maximum absolute atomic E-state index is 12.0. The molecule has 6 atom stereocenters. The zero-order valence-corrected chi connectivity index (χ0v) is 14.9. The lowest BCUT2D eigenvalue weighted by Gasteiger charge is -2.36. The van der Waals surface area contributed by atoms with Gasteiger partial charge in [-0.15, -0.1) is 0 Å². The predicted molar refractivity (Wildman–Crippen MR) is 96.6 cm³/mol. The van der Waals surface area contributed by atoms with Gasteiger partial charge in [0, 0.05) is 5.92 Å². The van der Waals surface area contributed by atoms with Gasteiger partial charge in [0.05, 0.1) is 31.8 Å². The van der Waals surface area contributed by atoms with Crippen molar-refractivity contribution in [1.29, 1.82) is 0 Å². The van der Waals surface area contributed by atoms with Crippen LogP contribution in [0.5, 0.6) is 0 Å². The van der Waals surface area contributed by atoms with E-state index in [-0.39, 0.29) is 42.2 Å². The largest absolute Gasteiger partial charge is 0.459 e. The minimum atomic E-state index is -0.307. The fourth-order valence-electron chi connectivity index (χ4n) is 4.20. The average Bonchev–Trinajstić information content (AvgIpc) is 3.32. The molecule has 27 heavy (non-hydrogen) atoms. The first-order chi connectivity index (χ1) is 13.3. The third kappa shape index (κ3) is 3.27. The molecule has 2 aromatic carbocycles. The normalized spacial score (nSPS) is 33.4. The third-order valence-corrected chi connectivity index (χ3v) is 5.61. The average molecular weight is 366 g/mol. The van der Waals surface area contributed by atoms with E-state index in [1.165, 1.54) is 0 Å². The Morgan fingerprint density at radius 2 is 1.52 bits per heavy atom. The zero-order chi connectivity index (χ0) is 18.2. The Morgan fingerprint density at radius 1 is 0.852 bits per heavy atom. The smallest absolute Gasteiger partial charge is 0.312 e. The highest BCUT2D eigenvalue weighted by molar-refractivity contribution is 5.80. The molecule has 2 heterocycles. The van der Waals surface area contributed by atoms with Gasteiger partial charge in [0.1, 0.15) is 18.3 Å². The van der Waals surface area contributed by atoms with E-state index in [4.69, 9.17) is 18.9 Å². The maximum Gasteiger partial charge on any atom is 0.312 e. The molecule has 0 radical (unpaired) electrons. The number of ether oxygens (including phenoxy) is 4. The molecule has 5 nitrogen and oxygen atoms in total. The molecule has 2 aromatic rings. The first-order valence-electron chi connectivity index (χ1n) is 9.44. The molecule has 2 saturated heterocycles. The topological polar surface area (TPSA) is 54.0 Å². The molecule has 0 amide bonds. The van der Waals surface area contributed by atoms with Gasteiger partial charge in [0.15, 0.2) is 0 Å². The third-order valence-electron chi connectivity index (χ3n) is 5.61. The van der Waals surface area contributed by atoms with Crippen LogP contribution in [0.25, 0.3) is 0 Å². The van der Waals surface area contributed by atoms with Gasteiger partial charge >= 0.3 is 5.97 Å². The summed E-state index contributed by atoms with van der Waals surface area (Å²) < 4.78 is 23.8. The summed E-state index contributed by atoms with van der Waals surface area (Å²) in [5, 5.41) is 0. The van der Waals surface area contributed by atoms with Crippen molar-refractivity contribution >= 4 is 5.97 Å². The summed E-state index contributed by atoms with van der Waals surface area (Å²) in [6.45, 7) is 1.40. The van der Waals surface area contributed by atoms with E-state index in [2.05, 4.69) is 0 Å². The lowest BCUT2D eigenvalue weighted by molar-refractivity contribution is -0.205. The monoisotopic (exact) mass is 366 g/mol. The summed E-state index contributed by atoms with van der Waals surface area (Å²) in [5.74, 6) is -0.118. The number of rotatable bonds is 7. The van der Waals surface area contributed by atoms with Crippen LogP contribution in [0.4, 0.5) is 0 Å².